The number of hydrogen-bond donors (Lipinski definition) is 2. The first kappa shape index (κ1) is 13.2. The monoisotopic (exact) mass is 220 g/mol. The van der Waals surface area contributed by atoms with Gasteiger partial charge in [-0.15, -0.1) is 0 Å². The number of nitrogens with one attached hydrogen (secondary N) is 1. The largest absolute Gasteiger partial charge is 0.271 e. The normalized spacial score (nSPS) is 13.9. The zero-order valence-electron chi connectivity index (χ0n) is 11.3. The highest BCUT2D eigenvalue weighted by Gasteiger charge is 2.27. The first-order valence-electron chi connectivity index (χ1n) is 5.81. The van der Waals surface area contributed by atoms with Crippen molar-refractivity contribution in [2.75, 3.05) is 0 Å². The highest BCUT2D eigenvalue weighted by Crippen LogP contribution is 2.35. The average molecular weight is 220 g/mol. The molecule has 0 aromatic heterocycles. The molecule has 0 bridgehead atoms. The standard InChI is InChI=1S/C14H24N2/c1-9-7-10(2)12(11(3)8-9)13(16-15)14(4,5)6/h7-8,13,16H,15H2,1-6H3. The summed E-state index contributed by atoms with van der Waals surface area (Å²) >= 11 is 0. The summed E-state index contributed by atoms with van der Waals surface area (Å²) in [6.45, 7) is 13.1. The van der Waals surface area contributed by atoms with Crippen LogP contribution in [0.3, 0.4) is 0 Å². The van der Waals surface area contributed by atoms with E-state index in [0.717, 1.165) is 0 Å². The molecule has 0 fully saturated rings. The summed E-state index contributed by atoms with van der Waals surface area (Å²) in [7, 11) is 0. The Morgan fingerprint density at radius 1 is 1.06 bits per heavy atom. The topological polar surface area (TPSA) is 38.0 Å². The maximum absolute atomic E-state index is 5.72. The van der Waals surface area contributed by atoms with Crippen LogP contribution in [-0.2, 0) is 0 Å². The van der Waals surface area contributed by atoms with Gasteiger partial charge in [-0.3, -0.25) is 11.3 Å². The lowest BCUT2D eigenvalue weighted by Gasteiger charge is -2.33. The van der Waals surface area contributed by atoms with E-state index >= 15 is 0 Å². The lowest BCUT2D eigenvalue weighted by atomic mass is 9.79. The van der Waals surface area contributed by atoms with E-state index in [9.17, 15) is 0 Å². The second-order valence-corrected chi connectivity index (χ2v) is 5.78. The van der Waals surface area contributed by atoms with Gasteiger partial charge in [0.25, 0.3) is 0 Å². The number of nitrogens with two attached hydrogens (primary N) is 1. The van der Waals surface area contributed by atoms with Gasteiger partial charge in [-0.25, -0.2) is 0 Å². The zero-order chi connectivity index (χ0) is 12.5. The van der Waals surface area contributed by atoms with Gasteiger partial charge in [0.2, 0.25) is 0 Å². The lowest BCUT2D eigenvalue weighted by molar-refractivity contribution is 0.274. The number of benzene rings is 1. The van der Waals surface area contributed by atoms with Gasteiger partial charge in [-0.2, -0.15) is 0 Å². The second kappa shape index (κ2) is 4.56. The van der Waals surface area contributed by atoms with Crippen molar-refractivity contribution in [3.63, 3.8) is 0 Å². The molecule has 2 nitrogen and oxygen atoms in total. The highest BCUT2D eigenvalue weighted by molar-refractivity contribution is 5.40. The Balaban J connectivity index is 3.31. The fourth-order valence-electron chi connectivity index (χ4n) is 2.41. The second-order valence-electron chi connectivity index (χ2n) is 5.78. The van der Waals surface area contributed by atoms with Crippen molar-refractivity contribution in [2.45, 2.75) is 47.6 Å². The van der Waals surface area contributed by atoms with Gasteiger partial charge in [0.15, 0.2) is 0 Å². The van der Waals surface area contributed by atoms with Crippen molar-refractivity contribution in [1.82, 2.24) is 5.43 Å². The van der Waals surface area contributed by atoms with Crippen LogP contribution < -0.4 is 11.3 Å². The molecule has 0 radical (unpaired) electrons. The molecular weight excluding hydrogens is 196 g/mol. The molecule has 1 aromatic carbocycles. The van der Waals surface area contributed by atoms with Crippen molar-refractivity contribution in [1.29, 1.82) is 0 Å². The van der Waals surface area contributed by atoms with Gasteiger partial charge < -0.3 is 0 Å². The third kappa shape index (κ3) is 2.63. The molecule has 0 saturated carbocycles. The Labute approximate surface area is 99.2 Å². The minimum atomic E-state index is 0.111. The molecule has 0 amide bonds. The van der Waals surface area contributed by atoms with E-state index in [-0.39, 0.29) is 11.5 Å². The molecule has 0 aliphatic heterocycles. The first-order valence-corrected chi connectivity index (χ1v) is 5.81. The summed E-state index contributed by atoms with van der Waals surface area (Å²) in [5.74, 6) is 5.72. The van der Waals surface area contributed by atoms with E-state index in [2.05, 4.69) is 59.1 Å². The van der Waals surface area contributed by atoms with Gasteiger partial charge in [0, 0.05) is 0 Å². The van der Waals surface area contributed by atoms with Crippen LogP contribution in [0.15, 0.2) is 12.1 Å². The summed E-state index contributed by atoms with van der Waals surface area (Å²) < 4.78 is 0. The van der Waals surface area contributed by atoms with Crippen LogP contribution in [-0.4, -0.2) is 0 Å². The lowest BCUT2D eigenvalue weighted by Crippen LogP contribution is -2.37. The first-order chi connectivity index (χ1) is 7.27. The maximum atomic E-state index is 5.72. The number of hydrogen-bond acceptors (Lipinski definition) is 2. The maximum Gasteiger partial charge on any atom is 0.0513 e. The Hall–Kier alpha value is -0.860. The molecule has 16 heavy (non-hydrogen) atoms. The molecule has 90 valence electrons. The van der Waals surface area contributed by atoms with E-state index in [4.69, 9.17) is 5.84 Å². The smallest absolute Gasteiger partial charge is 0.0513 e. The minimum Gasteiger partial charge on any atom is -0.271 e. The van der Waals surface area contributed by atoms with Crippen LogP contribution in [0, 0.1) is 26.2 Å². The van der Waals surface area contributed by atoms with Gasteiger partial charge >= 0.3 is 0 Å². The summed E-state index contributed by atoms with van der Waals surface area (Å²) in [6, 6.07) is 4.63. The van der Waals surface area contributed by atoms with Crippen molar-refractivity contribution in [2.24, 2.45) is 11.3 Å². The quantitative estimate of drug-likeness (QED) is 0.593. The third-order valence-corrected chi connectivity index (χ3v) is 3.06. The van der Waals surface area contributed by atoms with Crippen molar-refractivity contribution in [3.8, 4) is 0 Å². The molecule has 0 aliphatic rings. The average Bonchev–Trinajstić information content (AvgIpc) is 2.08. The fourth-order valence-corrected chi connectivity index (χ4v) is 2.41. The predicted molar refractivity (Wildman–Crippen MR) is 70.2 cm³/mol. The Morgan fingerprint density at radius 2 is 1.50 bits per heavy atom. The van der Waals surface area contributed by atoms with Gasteiger partial charge in [-0.05, 0) is 42.9 Å². The van der Waals surface area contributed by atoms with Gasteiger partial charge in [0.1, 0.15) is 0 Å². The minimum absolute atomic E-state index is 0.111. The van der Waals surface area contributed by atoms with Crippen LogP contribution in [0.1, 0.15) is 49.1 Å². The van der Waals surface area contributed by atoms with E-state index < -0.39 is 0 Å². The molecule has 1 rings (SSSR count). The summed E-state index contributed by atoms with van der Waals surface area (Å²) in [5.41, 5.74) is 8.34. The zero-order valence-corrected chi connectivity index (χ0v) is 11.3. The summed E-state index contributed by atoms with van der Waals surface area (Å²) in [5, 5.41) is 0. The molecule has 0 heterocycles. The number of aryl methyl sites for hydroxylation is 3. The van der Waals surface area contributed by atoms with Crippen LogP contribution in [0.2, 0.25) is 0 Å². The Bertz CT molecular complexity index is 352. The molecular formula is C14H24N2. The van der Waals surface area contributed by atoms with Gasteiger partial charge in [0.05, 0.1) is 6.04 Å². The Kier molecular flexibility index (Phi) is 3.76. The van der Waals surface area contributed by atoms with Crippen LogP contribution >= 0.6 is 0 Å². The molecule has 1 aromatic rings. The molecule has 3 N–H and O–H groups in total. The molecule has 0 saturated heterocycles. The number of rotatable bonds is 2. The van der Waals surface area contributed by atoms with E-state index in [1.165, 1.54) is 22.3 Å². The van der Waals surface area contributed by atoms with Crippen molar-refractivity contribution in [3.05, 3.63) is 34.4 Å². The van der Waals surface area contributed by atoms with Gasteiger partial charge in [-0.1, -0.05) is 38.5 Å². The molecule has 1 unspecified atom stereocenters. The summed E-state index contributed by atoms with van der Waals surface area (Å²) in [4.78, 5) is 0. The Morgan fingerprint density at radius 3 is 1.81 bits per heavy atom. The van der Waals surface area contributed by atoms with E-state index in [1.54, 1.807) is 0 Å². The van der Waals surface area contributed by atoms with Crippen LogP contribution in [0.4, 0.5) is 0 Å². The molecule has 1 atom stereocenters. The third-order valence-electron chi connectivity index (χ3n) is 3.06. The van der Waals surface area contributed by atoms with E-state index in [0.29, 0.717) is 0 Å². The molecule has 2 heteroatoms. The van der Waals surface area contributed by atoms with Crippen LogP contribution in [0.25, 0.3) is 0 Å². The molecule has 0 spiro atoms. The van der Waals surface area contributed by atoms with Crippen molar-refractivity contribution >= 4 is 0 Å². The fraction of sp³-hybridized carbons (Fsp3) is 0.571. The molecule has 0 aliphatic carbocycles. The predicted octanol–water partition coefficient (Wildman–Crippen LogP) is 3.16. The summed E-state index contributed by atoms with van der Waals surface area (Å²) in [6.07, 6.45) is 0. The van der Waals surface area contributed by atoms with Crippen molar-refractivity contribution < 1.29 is 0 Å². The highest BCUT2D eigenvalue weighted by atomic mass is 15.2. The van der Waals surface area contributed by atoms with Crippen LogP contribution in [0.5, 0.6) is 0 Å². The van der Waals surface area contributed by atoms with E-state index in [1.807, 2.05) is 0 Å². The number of hydrazine groups is 1. The SMILES string of the molecule is Cc1cc(C)c(C(NN)C(C)(C)C)c(C)c1.